The Morgan fingerprint density at radius 3 is 2.18 bits per heavy atom. The normalized spacial score (nSPS) is 12.5. The quantitative estimate of drug-likeness (QED) is 0.166. The fourth-order valence-electron chi connectivity index (χ4n) is 0.379. The number of rotatable bonds is 5. The molecule has 0 fully saturated rings. The molecule has 0 aromatic rings. The van der Waals surface area contributed by atoms with Crippen molar-refractivity contribution in [3.63, 3.8) is 0 Å². The number of hydrogen-bond donors (Lipinski definition) is 0. The molecule has 0 heterocycles. The summed E-state index contributed by atoms with van der Waals surface area (Å²) in [6.07, 6.45) is 0. The Hall–Kier alpha value is 0.530. The number of nitrogens with zero attached hydrogens (tertiary/aromatic N) is 1. The third-order valence-electron chi connectivity index (χ3n) is 0.941. The molecule has 6 heteroatoms. The summed E-state index contributed by atoms with van der Waals surface area (Å²) in [5.41, 5.74) is 0. The Kier molecular flexibility index (Phi) is 5.48. The van der Waals surface area contributed by atoms with Gasteiger partial charge < -0.3 is 11.4 Å². The Balaban J connectivity index is 3.15. The molecule has 0 aromatic heterocycles. The maximum absolute atomic E-state index is 9.90. The molecule has 5 nitrogen and oxygen atoms in total. The second-order valence-corrected chi connectivity index (χ2v) is 4.53. The third kappa shape index (κ3) is 10.5. The van der Waals surface area contributed by atoms with Crippen LogP contribution >= 0.6 is 0 Å². The molecule has 0 aliphatic rings. The Morgan fingerprint density at radius 1 is 1.27 bits per heavy atom. The number of likely N-dealkylation sites (N-methyl/N-ethyl adjacent to an activating group) is 1. The molecule has 0 aromatic carbocycles. The fraction of sp³-hybridized carbons (Fsp3) is 1.00. The number of halogens is 1. The Labute approximate surface area is 75.1 Å². The van der Waals surface area contributed by atoms with Crippen LogP contribution in [0.25, 0.3) is 0 Å². The lowest BCUT2D eigenvalue weighted by Gasteiger charge is -2.22. The zero-order valence-electron chi connectivity index (χ0n) is 6.87. The number of hydrogen-bond acceptors (Lipinski definition) is 4. The van der Waals surface area contributed by atoms with Crippen LogP contribution in [0, 0.1) is 0 Å². The average molecular weight is 278 g/mol. The number of quaternary nitrogens is 1. The van der Waals surface area contributed by atoms with E-state index >= 15 is 0 Å². The van der Waals surface area contributed by atoms with Crippen LogP contribution in [0.2, 0.25) is 0 Å². The lowest BCUT2D eigenvalue weighted by molar-refractivity contribution is -1.64. The minimum atomic E-state index is -3.63. The van der Waals surface area contributed by atoms with Gasteiger partial charge in [0.1, 0.15) is 16.4 Å². The van der Waals surface area contributed by atoms with Crippen LogP contribution in [-0.2, 0) is 8.10 Å². The van der Waals surface area contributed by atoms with Crippen molar-refractivity contribution < 1.29 is 40.5 Å². The lowest BCUT2D eigenvalue weighted by atomic mass is 10.5. The highest BCUT2D eigenvalue weighted by molar-refractivity contribution is 4.21. The summed E-state index contributed by atoms with van der Waals surface area (Å²) in [5.74, 6) is 0. The molecule has 0 amide bonds. The van der Waals surface area contributed by atoms with Crippen molar-refractivity contribution >= 4 is 0 Å². The average Bonchev–Trinajstić information content (AvgIpc) is 1.78. The van der Waals surface area contributed by atoms with E-state index in [2.05, 4.69) is 8.10 Å². The summed E-state index contributed by atoms with van der Waals surface area (Å²) in [6.45, 7) is 1.01. The summed E-state index contributed by atoms with van der Waals surface area (Å²) in [7, 11) is 5.94. The Morgan fingerprint density at radius 2 is 1.82 bits per heavy atom. The van der Waals surface area contributed by atoms with Crippen molar-refractivity contribution in [2.24, 2.45) is 0 Å². The van der Waals surface area contributed by atoms with Crippen LogP contribution in [0.15, 0.2) is 0 Å². The van der Waals surface area contributed by atoms with Crippen molar-refractivity contribution in [2.45, 2.75) is 0 Å². The molecule has 0 bridgehead atoms. The van der Waals surface area contributed by atoms with Gasteiger partial charge in [-0.1, -0.05) is 0 Å². The molecular formula is C5H13INO4+. The van der Waals surface area contributed by atoms with Crippen molar-refractivity contribution in [1.82, 2.24) is 0 Å². The van der Waals surface area contributed by atoms with Gasteiger partial charge in [-0.2, -0.15) is 4.89 Å². The lowest BCUT2D eigenvalue weighted by Crippen LogP contribution is -3.99. The highest BCUT2D eigenvalue weighted by atomic mass is 127. The highest BCUT2D eigenvalue weighted by Crippen LogP contribution is 1.87. The van der Waals surface area contributed by atoms with E-state index in [0.29, 0.717) is 13.2 Å². The van der Waals surface area contributed by atoms with Gasteiger partial charge in [0.25, 0.3) is 0 Å². The predicted octanol–water partition coefficient (Wildman–Crippen LogP) is -5.27. The third-order valence-corrected chi connectivity index (χ3v) is 1.49. The molecule has 68 valence electrons. The first-order valence-electron chi connectivity index (χ1n) is 3.08. The van der Waals surface area contributed by atoms with Gasteiger partial charge in [0.15, 0.2) is 0 Å². The van der Waals surface area contributed by atoms with Crippen LogP contribution in [-0.4, -0.2) is 38.8 Å². The zero-order valence-corrected chi connectivity index (χ0v) is 9.03. The van der Waals surface area contributed by atoms with Gasteiger partial charge in [0, 0.05) is 0 Å². The van der Waals surface area contributed by atoms with Gasteiger partial charge in [-0.05, 0) is 0 Å². The summed E-state index contributed by atoms with van der Waals surface area (Å²) in [6, 6.07) is 0. The standard InChI is InChI=1S/C5H13INO4/c1-7(2,3)4-5-10-11-6(8)9/h4-5H2,1-3H3/q+1. The first-order valence-corrected chi connectivity index (χ1v) is 5.72. The molecule has 0 spiro atoms. The van der Waals surface area contributed by atoms with Crippen molar-refractivity contribution in [3.05, 3.63) is 0 Å². The smallest absolute Gasteiger partial charge is 0.393 e. The molecular weight excluding hydrogens is 265 g/mol. The fourth-order valence-corrected chi connectivity index (χ4v) is 0.766. The van der Waals surface area contributed by atoms with Crippen LogP contribution in [0.5, 0.6) is 0 Å². The van der Waals surface area contributed by atoms with Crippen LogP contribution in [0.4, 0.5) is 0 Å². The minimum Gasteiger partial charge on any atom is -0.393 e. The van der Waals surface area contributed by atoms with E-state index in [9.17, 15) is 6.87 Å². The second-order valence-electron chi connectivity index (χ2n) is 3.09. The molecule has 0 N–H and O–H groups in total. The van der Waals surface area contributed by atoms with E-state index in [-0.39, 0.29) is 0 Å². The van der Waals surface area contributed by atoms with E-state index in [1.54, 1.807) is 0 Å². The van der Waals surface area contributed by atoms with E-state index in [1.807, 2.05) is 21.1 Å². The minimum absolute atomic E-state index is 0.294. The van der Waals surface area contributed by atoms with Crippen molar-refractivity contribution in [3.8, 4) is 0 Å². The van der Waals surface area contributed by atoms with Crippen LogP contribution in [0.3, 0.4) is 0 Å². The maximum atomic E-state index is 9.90. The topological polar surface area (TPSA) is 64.6 Å². The van der Waals surface area contributed by atoms with Crippen LogP contribution < -0.4 is 27.9 Å². The van der Waals surface area contributed by atoms with Gasteiger partial charge in [0.05, 0.1) is 21.1 Å². The predicted molar refractivity (Wildman–Crippen MR) is 29.9 cm³/mol. The Bertz CT molecular complexity index is 103. The molecule has 0 aliphatic heterocycles. The van der Waals surface area contributed by atoms with Crippen molar-refractivity contribution in [1.29, 1.82) is 0 Å². The van der Waals surface area contributed by atoms with E-state index in [0.717, 1.165) is 4.48 Å². The first kappa shape index (κ1) is 11.5. The highest BCUT2D eigenvalue weighted by Gasteiger charge is 2.15. The summed E-state index contributed by atoms with van der Waals surface area (Å²) >= 11 is -3.63. The SMILES string of the molecule is C[N+](C)(C)CCOO[I+2]([O-])[O-]. The van der Waals surface area contributed by atoms with E-state index in [1.165, 1.54) is 0 Å². The monoisotopic (exact) mass is 278 g/mol. The molecule has 0 atom stereocenters. The molecule has 0 aliphatic carbocycles. The molecule has 0 unspecified atom stereocenters. The molecule has 0 saturated carbocycles. The van der Waals surface area contributed by atoms with E-state index in [4.69, 9.17) is 0 Å². The zero-order chi connectivity index (χ0) is 8.91. The van der Waals surface area contributed by atoms with Gasteiger partial charge in [-0.15, -0.1) is 0 Å². The van der Waals surface area contributed by atoms with E-state index < -0.39 is 21.1 Å². The van der Waals surface area contributed by atoms with Crippen LogP contribution in [0.1, 0.15) is 0 Å². The van der Waals surface area contributed by atoms with Crippen molar-refractivity contribution in [2.75, 3.05) is 34.3 Å². The van der Waals surface area contributed by atoms with Gasteiger partial charge in [-0.25, -0.2) is 0 Å². The first-order chi connectivity index (χ1) is 4.92. The second kappa shape index (κ2) is 5.22. The van der Waals surface area contributed by atoms with Gasteiger partial charge >= 0.3 is 21.1 Å². The summed E-state index contributed by atoms with van der Waals surface area (Å²) < 4.78 is 24.5. The largest absolute Gasteiger partial charge is 0.550 e. The molecule has 0 radical (unpaired) electrons. The van der Waals surface area contributed by atoms with Gasteiger partial charge in [-0.3, -0.25) is 0 Å². The summed E-state index contributed by atoms with van der Waals surface area (Å²) in [5, 5.41) is 0. The maximum Gasteiger partial charge on any atom is 0.550 e. The molecule has 11 heavy (non-hydrogen) atoms. The molecule has 0 rings (SSSR count). The van der Waals surface area contributed by atoms with Gasteiger partial charge in [0.2, 0.25) is 0 Å². The molecule has 0 saturated heterocycles. The summed E-state index contributed by atoms with van der Waals surface area (Å²) in [4.78, 5) is 4.40.